The van der Waals surface area contributed by atoms with E-state index in [1.165, 1.54) is 18.4 Å². The lowest BCUT2D eigenvalue weighted by atomic mass is 9.79. The highest BCUT2D eigenvalue weighted by atomic mass is 16.2. The lowest BCUT2D eigenvalue weighted by Crippen LogP contribution is -2.53. The van der Waals surface area contributed by atoms with Crippen molar-refractivity contribution in [3.05, 3.63) is 35.9 Å². The molecule has 0 atom stereocenters. The molecule has 0 unspecified atom stereocenters. The number of hydrogen-bond donors (Lipinski definition) is 1. The number of urea groups is 1. The summed E-state index contributed by atoms with van der Waals surface area (Å²) in [7, 11) is 3.54. The number of benzene rings is 1. The van der Waals surface area contributed by atoms with Gasteiger partial charge in [-0.25, -0.2) is 4.79 Å². The van der Waals surface area contributed by atoms with Crippen molar-refractivity contribution in [1.82, 2.24) is 20.0 Å². The van der Waals surface area contributed by atoms with Crippen LogP contribution in [0.1, 0.15) is 31.2 Å². The Morgan fingerprint density at radius 1 is 1.04 bits per heavy atom. The highest BCUT2D eigenvalue weighted by Gasteiger charge is 2.35. The molecule has 2 fully saturated rings. The molecule has 3 amide bonds. The summed E-state index contributed by atoms with van der Waals surface area (Å²) < 4.78 is 0. The molecule has 27 heavy (non-hydrogen) atoms. The largest absolute Gasteiger partial charge is 0.354 e. The van der Waals surface area contributed by atoms with Gasteiger partial charge in [0, 0.05) is 52.2 Å². The molecule has 0 spiro atoms. The number of rotatable bonds is 5. The highest BCUT2D eigenvalue weighted by molar-refractivity contribution is 5.78. The molecule has 6 heteroatoms. The van der Waals surface area contributed by atoms with Crippen molar-refractivity contribution < 1.29 is 9.59 Å². The topological polar surface area (TPSA) is 55.9 Å². The van der Waals surface area contributed by atoms with Gasteiger partial charge in [0.25, 0.3) is 0 Å². The summed E-state index contributed by atoms with van der Waals surface area (Å²) in [4.78, 5) is 30.1. The zero-order chi connectivity index (χ0) is 19.3. The molecule has 3 rings (SSSR count). The molecule has 0 bridgehead atoms. The fraction of sp³-hybridized carbons (Fsp3) is 0.619. The fourth-order valence-electron chi connectivity index (χ4n) is 4.32. The van der Waals surface area contributed by atoms with Crippen LogP contribution in [-0.4, -0.2) is 80.0 Å². The monoisotopic (exact) mass is 372 g/mol. The van der Waals surface area contributed by atoms with Crippen LogP contribution in [0.2, 0.25) is 0 Å². The minimum absolute atomic E-state index is 0.0464. The van der Waals surface area contributed by atoms with Crippen molar-refractivity contribution in [2.45, 2.75) is 31.1 Å². The molecule has 148 valence electrons. The van der Waals surface area contributed by atoms with Crippen LogP contribution in [0.15, 0.2) is 30.3 Å². The van der Waals surface area contributed by atoms with Gasteiger partial charge in [0.15, 0.2) is 0 Å². The van der Waals surface area contributed by atoms with E-state index in [9.17, 15) is 9.59 Å². The Labute approximate surface area is 162 Å². The van der Waals surface area contributed by atoms with Crippen molar-refractivity contribution in [1.29, 1.82) is 0 Å². The van der Waals surface area contributed by atoms with E-state index < -0.39 is 0 Å². The Bertz CT molecular complexity index is 633. The Morgan fingerprint density at radius 2 is 1.67 bits per heavy atom. The third-order valence-electron chi connectivity index (χ3n) is 5.96. The van der Waals surface area contributed by atoms with Crippen LogP contribution in [0.3, 0.4) is 0 Å². The number of hydrogen-bond acceptors (Lipinski definition) is 3. The fourth-order valence-corrected chi connectivity index (χ4v) is 4.32. The molecule has 0 radical (unpaired) electrons. The summed E-state index contributed by atoms with van der Waals surface area (Å²) in [6.45, 7) is 3.98. The first-order valence-electron chi connectivity index (χ1n) is 10.0. The summed E-state index contributed by atoms with van der Waals surface area (Å²) in [6.07, 6.45) is 4.74. The highest BCUT2D eigenvalue weighted by Crippen LogP contribution is 2.40. The zero-order valence-electron chi connectivity index (χ0n) is 16.6. The van der Waals surface area contributed by atoms with Gasteiger partial charge in [-0.2, -0.15) is 0 Å². The van der Waals surface area contributed by atoms with Crippen molar-refractivity contribution in [2.24, 2.45) is 0 Å². The minimum atomic E-state index is 0.0464. The second-order valence-corrected chi connectivity index (χ2v) is 8.07. The average Bonchev–Trinajstić information content (AvgIpc) is 3.17. The zero-order valence-corrected chi connectivity index (χ0v) is 16.6. The number of carbonyl (C=O) groups is 2. The average molecular weight is 373 g/mol. The second kappa shape index (κ2) is 8.74. The molecular formula is C21H32N4O2. The van der Waals surface area contributed by atoms with Crippen molar-refractivity contribution in [2.75, 3.05) is 53.4 Å². The Kier molecular flexibility index (Phi) is 6.37. The Morgan fingerprint density at radius 3 is 2.26 bits per heavy atom. The molecule has 1 N–H and O–H groups in total. The van der Waals surface area contributed by atoms with Crippen LogP contribution in [0.4, 0.5) is 4.79 Å². The summed E-state index contributed by atoms with van der Waals surface area (Å²) in [5.41, 5.74) is 1.44. The number of nitrogens with one attached hydrogen (secondary N) is 1. The number of nitrogens with zero attached hydrogens (tertiary/aromatic N) is 3. The van der Waals surface area contributed by atoms with Crippen LogP contribution >= 0.6 is 0 Å². The van der Waals surface area contributed by atoms with Crippen LogP contribution < -0.4 is 5.32 Å². The molecule has 1 saturated carbocycles. The van der Waals surface area contributed by atoms with Crippen molar-refractivity contribution in [3.8, 4) is 0 Å². The van der Waals surface area contributed by atoms with E-state index >= 15 is 0 Å². The summed E-state index contributed by atoms with van der Waals surface area (Å²) in [5, 5.41) is 3.19. The van der Waals surface area contributed by atoms with E-state index in [0.717, 1.165) is 32.5 Å². The quantitative estimate of drug-likeness (QED) is 0.859. The molecule has 6 nitrogen and oxygen atoms in total. The molecule has 1 saturated heterocycles. The van der Waals surface area contributed by atoms with E-state index in [2.05, 4.69) is 34.5 Å². The molecular weight excluding hydrogens is 340 g/mol. The number of piperazine rings is 1. The normalized spacial score (nSPS) is 19.7. The molecule has 1 aliphatic heterocycles. The Balaban J connectivity index is 1.48. The van der Waals surface area contributed by atoms with E-state index in [1.54, 1.807) is 19.0 Å². The Hall–Kier alpha value is -2.08. The first-order valence-corrected chi connectivity index (χ1v) is 10.0. The molecule has 1 aliphatic carbocycles. The van der Waals surface area contributed by atoms with Gasteiger partial charge in [0.05, 0.1) is 6.54 Å². The van der Waals surface area contributed by atoms with Crippen LogP contribution in [0.5, 0.6) is 0 Å². The van der Waals surface area contributed by atoms with E-state index in [1.807, 2.05) is 11.0 Å². The second-order valence-electron chi connectivity index (χ2n) is 8.07. The van der Waals surface area contributed by atoms with Gasteiger partial charge in [-0.05, 0) is 18.4 Å². The SMILES string of the molecule is CN(C)C(=O)N1CCN(CC(=O)NCC2(c3ccccc3)CCCC2)CC1. The number of amides is 3. The smallest absolute Gasteiger partial charge is 0.319 e. The molecule has 2 aliphatic rings. The molecule has 1 heterocycles. The van der Waals surface area contributed by atoms with Gasteiger partial charge in [-0.1, -0.05) is 43.2 Å². The lowest BCUT2D eigenvalue weighted by molar-refractivity contribution is -0.122. The standard InChI is InChI=1S/C21H32N4O2/c1-23(2)20(27)25-14-12-24(13-15-25)16-19(26)22-17-21(10-6-7-11-21)18-8-4-3-5-9-18/h3-5,8-9H,6-7,10-17H2,1-2H3,(H,22,26). The summed E-state index contributed by atoms with van der Waals surface area (Å²) >= 11 is 0. The van der Waals surface area contributed by atoms with Crippen LogP contribution in [0, 0.1) is 0 Å². The molecule has 1 aromatic rings. The molecule has 0 aromatic heterocycles. The van der Waals surface area contributed by atoms with Gasteiger partial charge >= 0.3 is 6.03 Å². The molecule has 1 aromatic carbocycles. The van der Waals surface area contributed by atoms with Crippen molar-refractivity contribution in [3.63, 3.8) is 0 Å². The maximum atomic E-state index is 12.5. The van der Waals surface area contributed by atoms with E-state index in [4.69, 9.17) is 0 Å². The van der Waals surface area contributed by atoms with Gasteiger partial charge in [0.1, 0.15) is 0 Å². The lowest BCUT2D eigenvalue weighted by Gasteiger charge is -2.36. The van der Waals surface area contributed by atoms with Crippen LogP contribution in [0.25, 0.3) is 0 Å². The third-order valence-corrected chi connectivity index (χ3v) is 5.96. The first-order chi connectivity index (χ1) is 13.0. The number of carbonyl (C=O) groups excluding carboxylic acids is 2. The summed E-state index contributed by atoms with van der Waals surface area (Å²) in [6, 6.07) is 10.7. The van der Waals surface area contributed by atoms with Gasteiger partial charge in [-0.15, -0.1) is 0 Å². The van der Waals surface area contributed by atoms with Gasteiger partial charge in [-0.3, -0.25) is 9.69 Å². The van der Waals surface area contributed by atoms with E-state index in [-0.39, 0.29) is 17.4 Å². The first kappa shape index (κ1) is 19.7. The maximum absolute atomic E-state index is 12.5. The summed E-state index contributed by atoms with van der Waals surface area (Å²) in [5.74, 6) is 0.0876. The van der Waals surface area contributed by atoms with Gasteiger partial charge in [0.2, 0.25) is 5.91 Å². The van der Waals surface area contributed by atoms with Crippen LogP contribution in [-0.2, 0) is 10.2 Å². The predicted octanol–water partition coefficient (Wildman–Crippen LogP) is 1.91. The third kappa shape index (κ3) is 4.80. The maximum Gasteiger partial charge on any atom is 0.319 e. The van der Waals surface area contributed by atoms with Gasteiger partial charge < -0.3 is 15.1 Å². The minimum Gasteiger partial charge on any atom is -0.354 e. The van der Waals surface area contributed by atoms with E-state index in [0.29, 0.717) is 19.6 Å². The predicted molar refractivity (Wildman–Crippen MR) is 107 cm³/mol. The van der Waals surface area contributed by atoms with Crippen molar-refractivity contribution >= 4 is 11.9 Å².